The van der Waals surface area contributed by atoms with E-state index in [1.807, 2.05) is 0 Å². The fourth-order valence-electron chi connectivity index (χ4n) is 2.24. The van der Waals surface area contributed by atoms with E-state index in [-0.39, 0.29) is 11.6 Å². The monoisotopic (exact) mass is 335 g/mol. The largest absolute Gasteiger partial charge is 0.379 e. The first-order valence-corrected chi connectivity index (χ1v) is 7.70. The molecule has 0 bridgehead atoms. The van der Waals surface area contributed by atoms with Crippen LogP contribution in [0.4, 0.5) is 0 Å². The molecule has 2 nitrogen and oxygen atoms in total. The van der Waals surface area contributed by atoms with Gasteiger partial charge < -0.3 is 10.5 Å². The Morgan fingerprint density at radius 1 is 1.15 bits per heavy atom. The van der Waals surface area contributed by atoms with Crippen LogP contribution < -0.4 is 5.73 Å². The van der Waals surface area contributed by atoms with Gasteiger partial charge in [0.15, 0.2) is 0 Å². The van der Waals surface area contributed by atoms with E-state index in [4.69, 9.17) is 10.5 Å². The highest BCUT2D eigenvalue weighted by Gasteiger charge is 2.18. The van der Waals surface area contributed by atoms with Crippen LogP contribution in [0.5, 0.6) is 0 Å². The van der Waals surface area contributed by atoms with Crippen molar-refractivity contribution in [2.75, 3.05) is 7.11 Å². The van der Waals surface area contributed by atoms with Gasteiger partial charge in [-0.1, -0.05) is 34.1 Å². The second kappa shape index (κ2) is 6.25. The van der Waals surface area contributed by atoms with Gasteiger partial charge in [0.2, 0.25) is 0 Å². The Morgan fingerprint density at radius 2 is 1.80 bits per heavy atom. The third-order valence-corrected chi connectivity index (χ3v) is 4.36. The minimum Gasteiger partial charge on any atom is -0.379 e. The molecule has 0 amide bonds. The van der Waals surface area contributed by atoms with Crippen molar-refractivity contribution in [1.82, 2.24) is 0 Å². The van der Waals surface area contributed by atoms with E-state index in [1.165, 1.54) is 16.3 Å². The van der Waals surface area contributed by atoms with E-state index in [0.29, 0.717) is 0 Å². The third-order valence-electron chi connectivity index (χ3n) is 3.86. The van der Waals surface area contributed by atoms with Crippen LogP contribution in [0.3, 0.4) is 0 Å². The molecule has 2 aromatic rings. The number of halogens is 1. The van der Waals surface area contributed by atoms with Crippen molar-refractivity contribution in [3.63, 3.8) is 0 Å². The highest BCUT2D eigenvalue weighted by molar-refractivity contribution is 9.10. The second-order valence-electron chi connectivity index (χ2n) is 5.86. The van der Waals surface area contributed by atoms with Crippen LogP contribution in [0.2, 0.25) is 0 Å². The Hall–Kier alpha value is -0.900. The van der Waals surface area contributed by atoms with Crippen LogP contribution in [-0.2, 0) is 4.74 Å². The Bertz CT molecular complexity index is 595. The molecule has 0 aromatic heterocycles. The predicted octanol–water partition coefficient (Wildman–Crippen LogP) is 4.81. The molecule has 20 heavy (non-hydrogen) atoms. The molecule has 2 rings (SSSR count). The lowest BCUT2D eigenvalue weighted by Crippen LogP contribution is -2.24. The summed E-state index contributed by atoms with van der Waals surface area (Å²) in [4.78, 5) is 0. The Balaban J connectivity index is 2.14. The third kappa shape index (κ3) is 3.81. The summed E-state index contributed by atoms with van der Waals surface area (Å²) in [6.07, 6.45) is 1.87. The average Bonchev–Trinajstić information content (AvgIpc) is 2.44. The molecular formula is C17H22BrNO. The molecular weight excluding hydrogens is 314 g/mol. The van der Waals surface area contributed by atoms with Gasteiger partial charge in [0.1, 0.15) is 0 Å². The number of fused-ring (bicyclic) bond motifs is 1. The number of hydrogen-bond donors (Lipinski definition) is 1. The number of methoxy groups -OCH3 is 1. The molecule has 2 aromatic carbocycles. The first-order valence-electron chi connectivity index (χ1n) is 6.91. The normalized spacial score (nSPS) is 13.7. The molecule has 1 unspecified atom stereocenters. The minimum atomic E-state index is -0.112. The summed E-state index contributed by atoms with van der Waals surface area (Å²) < 4.78 is 6.55. The van der Waals surface area contributed by atoms with Gasteiger partial charge in [-0.25, -0.2) is 0 Å². The second-order valence-corrected chi connectivity index (χ2v) is 6.78. The topological polar surface area (TPSA) is 35.2 Å². The molecule has 0 saturated heterocycles. The summed E-state index contributed by atoms with van der Waals surface area (Å²) in [6, 6.07) is 12.8. The van der Waals surface area contributed by atoms with E-state index in [1.54, 1.807) is 7.11 Å². The fourth-order valence-corrected chi connectivity index (χ4v) is 2.62. The molecule has 0 aliphatic rings. The van der Waals surface area contributed by atoms with E-state index in [2.05, 4.69) is 66.2 Å². The number of nitrogens with two attached hydrogens (primary N) is 1. The van der Waals surface area contributed by atoms with E-state index < -0.39 is 0 Å². The Morgan fingerprint density at radius 3 is 2.50 bits per heavy atom. The lowest BCUT2D eigenvalue weighted by atomic mass is 9.94. The van der Waals surface area contributed by atoms with E-state index >= 15 is 0 Å². The molecule has 3 heteroatoms. The molecule has 0 aliphatic heterocycles. The minimum absolute atomic E-state index is 0.0532. The maximum Gasteiger partial charge on any atom is 0.0623 e. The zero-order valence-corrected chi connectivity index (χ0v) is 13.9. The lowest BCUT2D eigenvalue weighted by Gasteiger charge is -2.24. The number of ether oxygens (including phenoxy) is 1. The molecule has 1 atom stereocenters. The molecule has 0 aliphatic carbocycles. The summed E-state index contributed by atoms with van der Waals surface area (Å²) in [5, 5.41) is 2.46. The predicted molar refractivity (Wildman–Crippen MR) is 88.9 cm³/mol. The zero-order valence-electron chi connectivity index (χ0n) is 12.3. The van der Waals surface area contributed by atoms with Crippen molar-refractivity contribution in [3.05, 3.63) is 46.4 Å². The standard InChI is InChI=1S/C17H22BrNO/c1-17(2,20-3)9-8-16(19)14-5-4-13-11-15(18)7-6-12(13)10-14/h4-7,10-11,16H,8-9,19H2,1-3H3. The van der Waals surface area contributed by atoms with Crippen molar-refractivity contribution >= 4 is 26.7 Å². The van der Waals surface area contributed by atoms with Gasteiger partial charge in [-0.3, -0.25) is 0 Å². The average molecular weight is 336 g/mol. The fraction of sp³-hybridized carbons (Fsp3) is 0.412. The van der Waals surface area contributed by atoms with Gasteiger partial charge in [0.05, 0.1) is 5.60 Å². The summed E-state index contributed by atoms with van der Waals surface area (Å²) in [5.74, 6) is 0. The molecule has 0 spiro atoms. The Labute approximate surface area is 129 Å². The zero-order chi connectivity index (χ0) is 14.8. The summed E-state index contributed by atoms with van der Waals surface area (Å²) in [6.45, 7) is 4.19. The van der Waals surface area contributed by atoms with Crippen molar-refractivity contribution in [2.45, 2.75) is 38.3 Å². The number of hydrogen-bond acceptors (Lipinski definition) is 2. The van der Waals surface area contributed by atoms with Crippen LogP contribution in [-0.4, -0.2) is 12.7 Å². The highest BCUT2D eigenvalue weighted by atomic mass is 79.9. The van der Waals surface area contributed by atoms with Crippen molar-refractivity contribution in [1.29, 1.82) is 0 Å². The van der Waals surface area contributed by atoms with Crippen LogP contribution in [0.1, 0.15) is 38.3 Å². The maximum atomic E-state index is 6.31. The summed E-state index contributed by atoms with van der Waals surface area (Å²) in [5.41, 5.74) is 7.39. The number of benzene rings is 2. The molecule has 0 fully saturated rings. The van der Waals surface area contributed by atoms with Gasteiger partial charge in [-0.2, -0.15) is 0 Å². The summed E-state index contributed by atoms with van der Waals surface area (Å²) in [7, 11) is 1.75. The van der Waals surface area contributed by atoms with Crippen LogP contribution in [0.15, 0.2) is 40.9 Å². The first-order chi connectivity index (χ1) is 9.41. The smallest absolute Gasteiger partial charge is 0.0623 e. The van der Waals surface area contributed by atoms with Crippen LogP contribution in [0.25, 0.3) is 10.8 Å². The first kappa shape index (κ1) is 15.5. The van der Waals surface area contributed by atoms with Gasteiger partial charge in [-0.05, 0) is 61.2 Å². The van der Waals surface area contributed by atoms with Gasteiger partial charge in [0.25, 0.3) is 0 Å². The molecule has 0 radical (unpaired) electrons. The van der Waals surface area contributed by atoms with E-state index in [0.717, 1.165) is 17.3 Å². The van der Waals surface area contributed by atoms with Crippen LogP contribution >= 0.6 is 15.9 Å². The SMILES string of the molecule is COC(C)(C)CCC(N)c1ccc2cc(Br)ccc2c1. The highest BCUT2D eigenvalue weighted by Crippen LogP contribution is 2.26. The van der Waals surface area contributed by atoms with Crippen molar-refractivity contribution in [3.8, 4) is 0 Å². The summed E-state index contributed by atoms with van der Waals surface area (Å²) >= 11 is 3.50. The van der Waals surface area contributed by atoms with Crippen LogP contribution in [0, 0.1) is 0 Å². The van der Waals surface area contributed by atoms with Crippen molar-refractivity contribution < 1.29 is 4.74 Å². The maximum absolute atomic E-state index is 6.31. The van der Waals surface area contributed by atoms with Gasteiger partial charge >= 0.3 is 0 Å². The lowest BCUT2D eigenvalue weighted by molar-refractivity contribution is 0.0125. The molecule has 0 heterocycles. The quantitative estimate of drug-likeness (QED) is 0.851. The van der Waals surface area contributed by atoms with Gasteiger partial charge in [0, 0.05) is 17.6 Å². The number of rotatable bonds is 5. The molecule has 2 N–H and O–H groups in total. The van der Waals surface area contributed by atoms with Gasteiger partial charge in [-0.15, -0.1) is 0 Å². The van der Waals surface area contributed by atoms with Crippen molar-refractivity contribution in [2.24, 2.45) is 5.73 Å². The molecule has 108 valence electrons. The molecule has 0 saturated carbocycles. The van der Waals surface area contributed by atoms with E-state index in [9.17, 15) is 0 Å². The Kier molecular flexibility index (Phi) is 4.84.